The molecule has 38 heavy (non-hydrogen) atoms. The summed E-state index contributed by atoms with van der Waals surface area (Å²) in [4.78, 5) is 47.9. The smallest absolute Gasteiger partial charge is 0.247 e. The average molecular weight is 516 g/mol. The van der Waals surface area contributed by atoms with Crippen molar-refractivity contribution in [2.45, 2.75) is 71.1 Å². The molecule has 2 aromatic carbocycles. The van der Waals surface area contributed by atoms with E-state index in [2.05, 4.69) is 27.8 Å². The number of hydrogen-bond donors (Lipinski definition) is 2. The Kier molecular flexibility index (Phi) is 6.99. The second kappa shape index (κ2) is 10.2. The van der Waals surface area contributed by atoms with Crippen LogP contribution in [0.4, 0.5) is 0 Å². The van der Waals surface area contributed by atoms with Crippen molar-refractivity contribution in [1.29, 1.82) is 0 Å². The van der Waals surface area contributed by atoms with Crippen molar-refractivity contribution < 1.29 is 14.4 Å². The van der Waals surface area contributed by atoms with Crippen LogP contribution in [0, 0.1) is 11.8 Å². The fraction of sp³-hybridized carbons (Fsp3) is 0.467. The van der Waals surface area contributed by atoms with Gasteiger partial charge in [-0.1, -0.05) is 44.2 Å². The number of nitrogens with zero attached hydrogens (tertiary/aromatic N) is 3. The lowest BCUT2D eigenvalue weighted by Gasteiger charge is -2.45. The third-order valence-corrected chi connectivity index (χ3v) is 7.73. The van der Waals surface area contributed by atoms with Gasteiger partial charge >= 0.3 is 0 Å². The van der Waals surface area contributed by atoms with Crippen molar-refractivity contribution in [3.8, 4) is 0 Å². The lowest BCUT2D eigenvalue weighted by Crippen LogP contribution is -2.67. The standard InChI is InChI=1S/C30H37N5O3/c1-17(2)12-25-28(36)33-26(22-13-19-8-6-7-9-20(19)14-22)30(38)35(25)27(29(37)32-18(3)4)21-10-11-23-24(15-21)34(5)16-31-23/h6-11,15-18,22,25-27H,12-14H2,1-5H3,(H,32,37)(H,33,36)/t25-,26-,27-/m1/s1. The molecule has 1 fully saturated rings. The summed E-state index contributed by atoms with van der Waals surface area (Å²) in [6.07, 6.45) is 3.64. The van der Waals surface area contributed by atoms with Crippen molar-refractivity contribution in [2.24, 2.45) is 18.9 Å². The summed E-state index contributed by atoms with van der Waals surface area (Å²) < 4.78 is 1.89. The van der Waals surface area contributed by atoms with Crippen molar-refractivity contribution >= 4 is 28.8 Å². The number of carbonyl (C=O) groups is 3. The molecule has 0 saturated carbocycles. The highest BCUT2D eigenvalue weighted by Crippen LogP contribution is 2.36. The molecule has 1 saturated heterocycles. The Labute approximate surface area is 223 Å². The first-order chi connectivity index (χ1) is 18.1. The SMILES string of the molecule is CC(C)C[C@@H]1C(=O)N[C@H](C2Cc3ccccc3C2)C(=O)N1[C@@H](C(=O)NC(C)C)c1ccc2ncn(C)c2c1. The van der Waals surface area contributed by atoms with Gasteiger partial charge in [0.15, 0.2) is 0 Å². The van der Waals surface area contributed by atoms with Gasteiger partial charge in [-0.05, 0) is 73.8 Å². The van der Waals surface area contributed by atoms with Gasteiger partial charge in [-0.3, -0.25) is 14.4 Å². The van der Waals surface area contributed by atoms with Crippen LogP contribution >= 0.6 is 0 Å². The fourth-order valence-electron chi connectivity index (χ4n) is 5.99. The first-order valence-electron chi connectivity index (χ1n) is 13.5. The molecule has 3 atom stereocenters. The molecular weight excluding hydrogens is 478 g/mol. The molecule has 0 spiro atoms. The van der Waals surface area contributed by atoms with E-state index in [1.807, 2.05) is 69.6 Å². The third-order valence-electron chi connectivity index (χ3n) is 7.73. The first kappa shape index (κ1) is 25.9. The van der Waals surface area contributed by atoms with Gasteiger partial charge in [0.1, 0.15) is 18.1 Å². The monoisotopic (exact) mass is 515 g/mol. The van der Waals surface area contributed by atoms with Gasteiger partial charge in [0.25, 0.3) is 0 Å². The Balaban J connectivity index is 1.58. The summed E-state index contributed by atoms with van der Waals surface area (Å²) in [5, 5.41) is 6.09. The van der Waals surface area contributed by atoms with Crippen LogP contribution in [0.15, 0.2) is 48.8 Å². The maximum atomic E-state index is 14.4. The largest absolute Gasteiger partial charge is 0.352 e. The first-order valence-corrected chi connectivity index (χ1v) is 13.5. The lowest BCUT2D eigenvalue weighted by molar-refractivity contribution is -0.158. The number of imidazole rings is 1. The van der Waals surface area contributed by atoms with Crippen LogP contribution in [0.2, 0.25) is 0 Å². The maximum absolute atomic E-state index is 14.4. The van der Waals surface area contributed by atoms with E-state index in [9.17, 15) is 14.4 Å². The van der Waals surface area contributed by atoms with Crippen molar-refractivity contribution in [3.05, 3.63) is 65.5 Å². The molecule has 8 heteroatoms. The molecule has 2 heterocycles. The van der Waals surface area contributed by atoms with Crippen LogP contribution in [-0.2, 0) is 34.3 Å². The summed E-state index contributed by atoms with van der Waals surface area (Å²) in [6.45, 7) is 7.85. The molecule has 2 aliphatic rings. The van der Waals surface area contributed by atoms with Gasteiger partial charge < -0.3 is 20.1 Å². The number of aromatic nitrogens is 2. The predicted molar refractivity (Wildman–Crippen MR) is 146 cm³/mol. The molecule has 200 valence electrons. The molecule has 0 unspecified atom stereocenters. The highest BCUT2D eigenvalue weighted by atomic mass is 16.2. The lowest BCUT2D eigenvalue weighted by atomic mass is 9.88. The quantitative estimate of drug-likeness (QED) is 0.505. The predicted octanol–water partition coefficient (Wildman–Crippen LogP) is 3.30. The Morgan fingerprint density at radius 1 is 1.08 bits per heavy atom. The maximum Gasteiger partial charge on any atom is 0.247 e. The van der Waals surface area contributed by atoms with Gasteiger partial charge in [0, 0.05) is 13.1 Å². The van der Waals surface area contributed by atoms with E-state index in [4.69, 9.17) is 0 Å². The number of hydrogen-bond acceptors (Lipinski definition) is 4. The minimum absolute atomic E-state index is 0.0558. The number of nitrogens with one attached hydrogen (secondary N) is 2. The molecule has 1 aliphatic heterocycles. The Hall–Kier alpha value is -3.68. The Morgan fingerprint density at radius 3 is 2.39 bits per heavy atom. The van der Waals surface area contributed by atoms with Gasteiger partial charge in [-0.15, -0.1) is 0 Å². The number of aryl methyl sites for hydroxylation is 1. The van der Waals surface area contributed by atoms with Crippen LogP contribution in [0.3, 0.4) is 0 Å². The fourth-order valence-corrected chi connectivity index (χ4v) is 5.99. The summed E-state index contributed by atoms with van der Waals surface area (Å²) in [5.41, 5.74) is 4.77. The number of benzene rings is 2. The van der Waals surface area contributed by atoms with E-state index in [0.717, 1.165) is 23.9 Å². The van der Waals surface area contributed by atoms with E-state index in [1.54, 1.807) is 11.2 Å². The van der Waals surface area contributed by atoms with Crippen molar-refractivity contribution in [2.75, 3.05) is 0 Å². The number of amides is 3. The Morgan fingerprint density at radius 2 is 1.76 bits per heavy atom. The summed E-state index contributed by atoms with van der Waals surface area (Å²) in [6, 6.07) is 11.3. The molecule has 5 rings (SSSR count). The van der Waals surface area contributed by atoms with Crippen LogP contribution in [0.1, 0.15) is 56.8 Å². The molecular formula is C30H37N5O3. The van der Waals surface area contributed by atoms with Crippen LogP contribution in [0.25, 0.3) is 11.0 Å². The molecule has 1 aliphatic carbocycles. The molecule has 3 aromatic rings. The van der Waals surface area contributed by atoms with Crippen LogP contribution in [-0.4, -0.2) is 50.3 Å². The number of fused-ring (bicyclic) bond motifs is 2. The zero-order valence-corrected chi connectivity index (χ0v) is 22.8. The minimum atomic E-state index is -0.940. The average Bonchev–Trinajstić information content (AvgIpc) is 3.46. The van der Waals surface area contributed by atoms with E-state index in [0.29, 0.717) is 12.0 Å². The van der Waals surface area contributed by atoms with Gasteiger partial charge in [-0.25, -0.2) is 4.98 Å². The molecule has 0 radical (unpaired) electrons. The van der Waals surface area contributed by atoms with Gasteiger partial charge in [-0.2, -0.15) is 0 Å². The van der Waals surface area contributed by atoms with Crippen molar-refractivity contribution in [1.82, 2.24) is 25.1 Å². The van der Waals surface area contributed by atoms with Crippen LogP contribution < -0.4 is 10.6 Å². The van der Waals surface area contributed by atoms with Gasteiger partial charge in [0.2, 0.25) is 17.7 Å². The molecule has 2 N–H and O–H groups in total. The zero-order chi connectivity index (χ0) is 27.1. The van der Waals surface area contributed by atoms with E-state index < -0.39 is 18.1 Å². The zero-order valence-electron chi connectivity index (χ0n) is 22.8. The van der Waals surface area contributed by atoms with E-state index >= 15 is 0 Å². The summed E-state index contributed by atoms with van der Waals surface area (Å²) in [7, 11) is 1.90. The minimum Gasteiger partial charge on any atom is -0.352 e. The third kappa shape index (κ3) is 4.79. The highest BCUT2D eigenvalue weighted by Gasteiger charge is 2.49. The highest BCUT2D eigenvalue weighted by molar-refractivity contribution is 6.00. The van der Waals surface area contributed by atoms with E-state index in [1.165, 1.54) is 11.1 Å². The summed E-state index contributed by atoms with van der Waals surface area (Å²) in [5.74, 6) is -0.571. The Bertz CT molecular complexity index is 1350. The van der Waals surface area contributed by atoms with E-state index in [-0.39, 0.29) is 35.6 Å². The second-order valence-corrected chi connectivity index (χ2v) is 11.5. The van der Waals surface area contributed by atoms with Crippen LogP contribution in [0.5, 0.6) is 0 Å². The molecule has 0 bridgehead atoms. The number of carbonyl (C=O) groups excluding carboxylic acids is 3. The molecule has 8 nitrogen and oxygen atoms in total. The second-order valence-electron chi connectivity index (χ2n) is 11.5. The molecule has 1 aromatic heterocycles. The topological polar surface area (TPSA) is 96.3 Å². The van der Waals surface area contributed by atoms with Crippen molar-refractivity contribution in [3.63, 3.8) is 0 Å². The summed E-state index contributed by atoms with van der Waals surface area (Å²) >= 11 is 0. The number of piperazine rings is 1. The van der Waals surface area contributed by atoms with Gasteiger partial charge in [0.05, 0.1) is 17.4 Å². The number of rotatable bonds is 7. The molecule has 3 amide bonds. The normalized spacial score (nSPS) is 20.8.